The number of carbonyl (C=O) groups is 2. The van der Waals surface area contributed by atoms with Gasteiger partial charge in [-0.2, -0.15) is 0 Å². The summed E-state index contributed by atoms with van der Waals surface area (Å²) >= 11 is 7.02. The minimum atomic E-state index is -0.384. The molecule has 122 valence electrons. The molecule has 0 bridgehead atoms. The normalized spacial score (nSPS) is 10.2. The molecule has 1 aromatic carbocycles. The summed E-state index contributed by atoms with van der Waals surface area (Å²) in [7, 11) is 0. The van der Waals surface area contributed by atoms with E-state index in [-0.39, 0.29) is 18.5 Å². The predicted molar refractivity (Wildman–Crippen MR) is 90.6 cm³/mol. The SMILES string of the molecule is CCOC(=O)c1sc(NC(=O)COc2cccc(Cl)c2)cc1C. The van der Waals surface area contributed by atoms with Crippen LogP contribution in [-0.4, -0.2) is 25.1 Å². The number of hydrogen-bond acceptors (Lipinski definition) is 5. The summed E-state index contributed by atoms with van der Waals surface area (Å²) in [6.45, 7) is 3.70. The zero-order valence-corrected chi connectivity index (χ0v) is 14.3. The van der Waals surface area contributed by atoms with Crippen LogP contribution in [0.15, 0.2) is 30.3 Å². The van der Waals surface area contributed by atoms with Crippen LogP contribution in [0.5, 0.6) is 5.75 Å². The lowest BCUT2D eigenvalue weighted by Crippen LogP contribution is -2.19. The Morgan fingerprint density at radius 2 is 2.09 bits per heavy atom. The van der Waals surface area contributed by atoms with E-state index in [0.29, 0.717) is 27.3 Å². The number of halogens is 1. The zero-order valence-electron chi connectivity index (χ0n) is 12.7. The van der Waals surface area contributed by atoms with Gasteiger partial charge in [0.25, 0.3) is 5.91 Å². The van der Waals surface area contributed by atoms with E-state index in [1.165, 1.54) is 11.3 Å². The van der Waals surface area contributed by atoms with Gasteiger partial charge >= 0.3 is 5.97 Å². The second kappa shape index (κ2) is 7.99. The van der Waals surface area contributed by atoms with Crippen LogP contribution in [0.2, 0.25) is 5.02 Å². The van der Waals surface area contributed by atoms with Crippen molar-refractivity contribution in [3.63, 3.8) is 0 Å². The molecule has 2 rings (SSSR count). The van der Waals surface area contributed by atoms with Crippen LogP contribution in [-0.2, 0) is 9.53 Å². The van der Waals surface area contributed by atoms with Crippen LogP contribution in [0.1, 0.15) is 22.2 Å². The summed E-state index contributed by atoms with van der Waals surface area (Å²) in [6, 6.07) is 8.54. The van der Waals surface area contributed by atoms with Gasteiger partial charge in [-0.3, -0.25) is 4.79 Å². The lowest BCUT2D eigenvalue weighted by molar-refractivity contribution is -0.118. The lowest BCUT2D eigenvalue weighted by Gasteiger charge is -2.06. The smallest absolute Gasteiger partial charge is 0.348 e. The van der Waals surface area contributed by atoms with Crippen LogP contribution in [0.4, 0.5) is 5.00 Å². The van der Waals surface area contributed by atoms with E-state index in [1.807, 2.05) is 0 Å². The van der Waals surface area contributed by atoms with Crippen LogP contribution >= 0.6 is 22.9 Å². The Morgan fingerprint density at radius 1 is 1.30 bits per heavy atom. The van der Waals surface area contributed by atoms with Crippen molar-refractivity contribution in [2.75, 3.05) is 18.5 Å². The number of nitrogens with one attached hydrogen (secondary N) is 1. The van der Waals surface area contributed by atoms with Crippen molar-refractivity contribution in [2.24, 2.45) is 0 Å². The first kappa shape index (κ1) is 17.3. The first-order valence-electron chi connectivity index (χ1n) is 6.95. The van der Waals surface area contributed by atoms with Gasteiger partial charge in [0.1, 0.15) is 10.6 Å². The number of thiophene rings is 1. The summed E-state index contributed by atoms with van der Waals surface area (Å²) in [6.07, 6.45) is 0. The van der Waals surface area contributed by atoms with Crippen LogP contribution in [0.25, 0.3) is 0 Å². The van der Waals surface area contributed by atoms with Gasteiger partial charge in [-0.1, -0.05) is 17.7 Å². The summed E-state index contributed by atoms with van der Waals surface area (Å²) in [5, 5.41) is 3.81. The van der Waals surface area contributed by atoms with Crippen molar-refractivity contribution in [1.82, 2.24) is 0 Å². The van der Waals surface area contributed by atoms with Crippen molar-refractivity contribution >= 4 is 39.8 Å². The van der Waals surface area contributed by atoms with Gasteiger partial charge in [0.15, 0.2) is 6.61 Å². The number of aryl methyl sites for hydroxylation is 1. The van der Waals surface area contributed by atoms with Gasteiger partial charge in [-0.25, -0.2) is 4.79 Å². The predicted octanol–water partition coefficient (Wildman–Crippen LogP) is 3.90. The third-order valence-electron chi connectivity index (χ3n) is 2.81. The van der Waals surface area contributed by atoms with Gasteiger partial charge in [0.05, 0.1) is 11.6 Å². The minimum absolute atomic E-state index is 0.147. The molecule has 2 aromatic rings. The lowest BCUT2D eigenvalue weighted by atomic mass is 10.3. The minimum Gasteiger partial charge on any atom is -0.484 e. The summed E-state index contributed by atoms with van der Waals surface area (Å²) in [5.41, 5.74) is 0.763. The average Bonchev–Trinajstić information content (AvgIpc) is 2.86. The molecule has 5 nitrogen and oxygen atoms in total. The van der Waals surface area contributed by atoms with Crippen molar-refractivity contribution < 1.29 is 19.1 Å². The Balaban J connectivity index is 1.93. The molecular weight excluding hydrogens is 338 g/mol. The molecule has 0 aliphatic carbocycles. The van der Waals surface area contributed by atoms with E-state index in [1.54, 1.807) is 44.2 Å². The first-order valence-corrected chi connectivity index (χ1v) is 8.14. The van der Waals surface area contributed by atoms with Crippen molar-refractivity contribution in [3.8, 4) is 5.75 Å². The van der Waals surface area contributed by atoms with Gasteiger partial charge in [0.2, 0.25) is 0 Å². The molecule has 1 aromatic heterocycles. The highest BCUT2D eigenvalue weighted by atomic mass is 35.5. The van der Waals surface area contributed by atoms with Gasteiger partial charge in [-0.05, 0) is 43.7 Å². The molecule has 0 atom stereocenters. The molecule has 1 N–H and O–H groups in total. The largest absolute Gasteiger partial charge is 0.484 e. The molecule has 0 aliphatic heterocycles. The Morgan fingerprint density at radius 3 is 2.78 bits per heavy atom. The summed E-state index contributed by atoms with van der Waals surface area (Å²) in [5.74, 6) is -0.186. The van der Waals surface area contributed by atoms with Crippen LogP contribution in [0, 0.1) is 6.92 Å². The maximum absolute atomic E-state index is 11.9. The molecular formula is C16H16ClNO4S. The number of ether oxygens (including phenoxy) is 2. The van der Waals surface area contributed by atoms with E-state index >= 15 is 0 Å². The molecule has 0 saturated heterocycles. The van der Waals surface area contributed by atoms with Crippen molar-refractivity contribution in [3.05, 3.63) is 45.8 Å². The molecule has 0 aliphatic rings. The molecule has 0 spiro atoms. The fraction of sp³-hybridized carbons (Fsp3) is 0.250. The van der Waals surface area contributed by atoms with E-state index in [0.717, 1.165) is 5.56 Å². The van der Waals surface area contributed by atoms with Crippen molar-refractivity contribution in [1.29, 1.82) is 0 Å². The number of carbonyl (C=O) groups excluding carboxylic acids is 2. The maximum Gasteiger partial charge on any atom is 0.348 e. The van der Waals surface area contributed by atoms with Gasteiger partial charge in [0, 0.05) is 5.02 Å². The second-order valence-corrected chi connectivity index (χ2v) is 6.13. The number of amides is 1. The molecule has 0 saturated carbocycles. The fourth-order valence-corrected chi connectivity index (χ4v) is 2.99. The highest BCUT2D eigenvalue weighted by Gasteiger charge is 2.16. The van der Waals surface area contributed by atoms with E-state index in [4.69, 9.17) is 21.1 Å². The topological polar surface area (TPSA) is 64.6 Å². The van der Waals surface area contributed by atoms with E-state index in [2.05, 4.69) is 5.32 Å². The quantitative estimate of drug-likeness (QED) is 0.800. The molecule has 7 heteroatoms. The summed E-state index contributed by atoms with van der Waals surface area (Å²) < 4.78 is 10.3. The zero-order chi connectivity index (χ0) is 16.8. The molecule has 23 heavy (non-hydrogen) atoms. The number of esters is 1. The molecule has 1 amide bonds. The summed E-state index contributed by atoms with van der Waals surface area (Å²) in [4.78, 5) is 24.1. The Kier molecular flexibility index (Phi) is 6.01. The Bertz CT molecular complexity index is 714. The number of hydrogen-bond donors (Lipinski definition) is 1. The monoisotopic (exact) mass is 353 g/mol. The number of benzene rings is 1. The van der Waals surface area contributed by atoms with Crippen LogP contribution in [0.3, 0.4) is 0 Å². The van der Waals surface area contributed by atoms with E-state index < -0.39 is 0 Å². The van der Waals surface area contributed by atoms with Gasteiger partial charge < -0.3 is 14.8 Å². The highest BCUT2D eigenvalue weighted by molar-refractivity contribution is 7.18. The fourth-order valence-electron chi connectivity index (χ4n) is 1.82. The van der Waals surface area contributed by atoms with Crippen molar-refractivity contribution in [2.45, 2.75) is 13.8 Å². The first-order chi connectivity index (χ1) is 11.0. The molecule has 1 heterocycles. The highest BCUT2D eigenvalue weighted by Crippen LogP contribution is 2.27. The third-order valence-corrected chi connectivity index (χ3v) is 4.17. The molecule has 0 fully saturated rings. The van der Waals surface area contributed by atoms with E-state index in [9.17, 15) is 9.59 Å². The molecule has 0 unspecified atom stereocenters. The average molecular weight is 354 g/mol. The molecule has 0 radical (unpaired) electrons. The number of rotatable bonds is 6. The van der Waals surface area contributed by atoms with Gasteiger partial charge in [-0.15, -0.1) is 11.3 Å². The third kappa shape index (κ3) is 4.97. The second-order valence-electron chi connectivity index (χ2n) is 4.64. The maximum atomic E-state index is 11.9. The number of anilines is 1. The van der Waals surface area contributed by atoms with Crippen LogP contribution < -0.4 is 10.1 Å². The Hall–Kier alpha value is -2.05. The standard InChI is InChI=1S/C16H16ClNO4S/c1-3-21-16(20)15-10(2)7-14(23-15)18-13(19)9-22-12-6-4-5-11(17)8-12/h4-8H,3,9H2,1-2H3,(H,18,19). The Labute approximate surface area is 143 Å².